The standard InChI is InChI=1S/C17H13BrFNO/c1-12(21)17(11-20,14-5-3-2-4-6-14)10-13-7-8-15(18)9-16(13)19/h2-9H,10H2,1H3. The molecule has 21 heavy (non-hydrogen) atoms. The molecule has 0 aliphatic carbocycles. The molecule has 2 rings (SSSR count). The summed E-state index contributed by atoms with van der Waals surface area (Å²) in [6.45, 7) is 1.37. The Morgan fingerprint density at radius 1 is 1.29 bits per heavy atom. The van der Waals surface area contributed by atoms with Gasteiger partial charge in [0.1, 0.15) is 11.2 Å². The molecular weight excluding hydrogens is 333 g/mol. The first-order valence-electron chi connectivity index (χ1n) is 6.41. The first kappa shape index (κ1) is 15.4. The van der Waals surface area contributed by atoms with E-state index in [0.717, 1.165) is 0 Å². The van der Waals surface area contributed by atoms with Crippen molar-refractivity contribution in [3.05, 3.63) is 69.9 Å². The van der Waals surface area contributed by atoms with Gasteiger partial charge < -0.3 is 0 Å². The zero-order chi connectivity index (χ0) is 15.5. The van der Waals surface area contributed by atoms with Crippen LogP contribution in [0.25, 0.3) is 0 Å². The van der Waals surface area contributed by atoms with Crippen molar-refractivity contribution in [2.24, 2.45) is 0 Å². The van der Waals surface area contributed by atoms with Gasteiger partial charge in [0, 0.05) is 10.9 Å². The molecule has 0 bridgehead atoms. The van der Waals surface area contributed by atoms with E-state index >= 15 is 0 Å². The maximum Gasteiger partial charge on any atom is 0.154 e. The zero-order valence-electron chi connectivity index (χ0n) is 11.4. The quantitative estimate of drug-likeness (QED) is 0.833. The van der Waals surface area contributed by atoms with Crippen molar-refractivity contribution >= 4 is 21.7 Å². The Kier molecular flexibility index (Phi) is 4.54. The van der Waals surface area contributed by atoms with Gasteiger partial charge in [-0.15, -0.1) is 0 Å². The van der Waals surface area contributed by atoms with E-state index in [2.05, 4.69) is 22.0 Å². The van der Waals surface area contributed by atoms with E-state index < -0.39 is 11.2 Å². The molecule has 0 N–H and O–H groups in total. The minimum atomic E-state index is -1.37. The van der Waals surface area contributed by atoms with Gasteiger partial charge in [0.15, 0.2) is 5.78 Å². The normalized spacial score (nSPS) is 13.2. The molecule has 4 heteroatoms. The number of hydrogen-bond donors (Lipinski definition) is 0. The van der Waals surface area contributed by atoms with Crippen LogP contribution >= 0.6 is 15.9 Å². The number of halogens is 2. The van der Waals surface area contributed by atoms with E-state index in [0.29, 0.717) is 15.6 Å². The van der Waals surface area contributed by atoms with Crippen LogP contribution in [0.4, 0.5) is 4.39 Å². The number of benzene rings is 2. The second-order valence-corrected chi connectivity index (χ2v) is 5.77. The highest BCUT2D eigenvalue weighted by atomic mass is 79.9. The van der Waals surface area contributed by atoms with Crippen molar-refractivity contribution in [3.63, 3.8) is 0 Å². The number of carbonyl (C=O) groups excluding carboxylic acids is 1. The Morgan fingerprint density at radius 3 is 2.48 bits per heavy atom. The van der Waals surface area contributed by atoms with Gasteiger partial charge in [0.25, 0.3) is 0 Å². The molecule has 0 aromatic heterocycles. The third-order valence-electron chi connectivity index (χ3n) is 3.53. The number of rotatable bonds is 4. The van der Waals surface area contributed by atoms with Gasteiger partial charge in [-0.1, -0.05) is 52.3 Å². The van der Waals surface area contributed by atoms with Crippen molar-refractivity contribution in [2.45, 2.75) is 18.8 Å². The van der Waals surface area contributed by atoms with Gasteiger partial charge in [-0.3, -0.25) is 4.79 Å². The summed E-state index contributed by atoms with van der Waals surface area (Å²) >= 11 is 3.19. The van der Waals surface area contributed by atoms with E-state index in [9.17, 15) is 14.4 Å². The fourth-order valence-corrected chi connectivity index (χ4v) is 2.62. The first-order valence-corrected chi connectivity index (χ1v) is 7.20. The molecule has 0 spiro atoms. The predicted molar refractivity (Wildman–Crippen MR) is 82.2 cm³/mol. The molecular formula is C17H13BrFNO. The summed E-state index contributed by atoms with van der Waals surface area (Å²) in [7, 11) is 0. The average molecular weight is 346 g/mol. The average Bonchev–Trinajstić information content (AvgIpc) is 2.47. The van der Waals surface area contributed by atoms with Crippen LogP contribution in [-0.2, 0) is 16.6 Å². The molecule has 0 saturated heterocycles. The Bertz CT molecular complexity index is 708. The van der Waals surface area contributed by atoms with Crippen molar-refractivity contribution < 1.29 is 9.18 Å². The highest BCUT2D eigenvalue weighted by Crippen LogP contribution is 2.31. The van der Waals surface area contributed by atoms with Gasteiger partial charge in [-0.25, -0.2) is 4.39 Å². The summed E-state index contributed by atoms with van der Waals surface area (Å²) in [6, 6.07) is 15.5. The van der Waals surface area contributed by atoms with Crippen molar-refractivity contribution in [2.75, 3.05) is 0 Å². The maximum atomic E-state index is 14.0. The summed E-state index contributed by atoms with van der Waals surface area (Å²) in [5.74, 6) is -0.723. The van der Waals surface area contributed by atoms with E-state index in [1.807, 2.05) is 6.07 Å². The van der Waals surface area contributed by atoms with Gasteiger partial charge in [-0.2, -0.15) is 5.26 Å². The molecule has 0 radical (unpaired) electrons. The molecule has 0 saturated carbocycles. The molecule has 0 aliphatic heterocycles. The van der Waals surface area contributed by atoms with Crippen LogP contribution in [0.15, 0.2) is 53.0 Å². The smallest absolute Gasteiger partial charge is 0.154 e. The Balaban J connectivity index is 2.52. The van der Waals surface area contributed by atoms with E-state index in [1.54, 1.807) is 36.4 Å². The minimum Gasteiger partial charge on any atom is -0.298 e. The second kappa shape index (κ2) is 6.19. The fourth-order valence-electron chi connectivity index (χ4n) is 2.29. The lowest BCUT2D eigenvalue weighted by Gasteiger charge is -2.24. The predicted octanol–water partition coefficient (Wildman–Crippen LogP) is 4.18. The zero-order valence-corrected chi connectivity index (χ0v) is 13.0. The highest BCUT2D eigenvalue weighted by molar-refractivity contribution is 9.10. The first-order chi connectivity index (χ1) is 9.99. The molecule has 1 atom stereocenters. The summed E-state index contributed by atoms with van der Waals surface area (Å²) in [5.41, 5.74) is -0.434. The topological polar surface area (TPSA) is 40.9 Å². The SMILES string of the molecule is CC(=O)C(C#N)(Cc1ccc(Br)cc1F)c1ccccc1. The van der Waals surface area contributed by atoms with Crippen LogP contribution in [0.3, 0.4) is 0 Å². The van der Waals surface area contributed by atoms with Crippen molar-refractivity contribution in [3.8, 4) is 6.07 Å². The van der Waals surface area contributed by atoms with Gasteiger partial charge in [0.05, 0.1) is 6.07 Å². The van der Waals surface area contributed by atoms with Gasteiger partial charge >= 0.3 is 0 Å². The lowest BCUT2D eigenvalue weighted by molar-refractivity contribution is -0.120. The van der Waals surface area contributed by atoms with Crippen LogP contribution in [0, 0.1) is 17.1 Å². The lowest BCUT2D eigenvalue weighted by atomic mass is 9.74. The molecule has 106 valence electrons. The molecule has 1 unspecified atom stereocenters. The number of ketones is 1. The third-order valence-corrected chi connectivity index (χ3v) is 4.02. The van der Waals surface area contributed by atoms with E-state index in [-0.39, 0.29) is 12.2 Å². The Morgan fingerprint density at radius 2 is 1.95 bits per heavy atom. The number of Topliss-reactive ketones (excluding diaryl/α,β-unsaturated/α-hetero) is 1. The number of nitriles is 1. The van der Waals surface area contributed by atoms with Crippen LogP contribution in [0.2, 0.25) is 0 Å². The van der Waals surface area contributed by atoms with Crippen LogP contribution in [-0.4, -0.2) is 5.78 Å². The van der Waals surface area contributed by atoms with E-state index in [4.69, 9.17) is 0 Å². The van der Waals surface area contributed by atoms with Crippen LogP contribution in [0.1, 0.15) is 18.1 Å². The lowest BCUT2D eigenvalue weighted by Crippen LogP contribution is -2.35. The summed E-state index contributed by atoms with van der Waals surface area (Å²) in [6.07, 6.45) is 0.0158. The fraction of sp³-hybridized carbons (Fsp3) is 0.176. The number of nitrogens with zero attached hydrogens (tertiary/aromatic N) is 1. The number of carbonyl (C=O) groups is 1. The largest absolute Gasteiger partial charge is 0.298 e. The van der Waals surface area contributed by atoms with Gasteiger partial charge in [-0.05, 0) is 30.2 Å². The summed E-state index contributed by atoms with van der Waals surface area (Å²) in [4.78, 5) is 12.1. The molecule has 0 amide bonds. The molecule has 2 aromatic rings. The molecule has 0 heterocycles. The van der Waals surface area contributed by atoms with Crippen molar-refractivity contribution in [1.29, 1.82) is 5.26 Å². The molecule has 0 aliphatic rings. The second-order valence-electron chi connectivity index (χ2n) is 4.85. The van der Waals surface area contributed by atoms with Crippen LogP contribution in [0.5, 0.6) is 0 Å². The van der Waals surface area contributed by atoms with E-state index in [1.165, 1.54) is 13.0 Å². The Hall–Kier alpha value is -1.99. The minimum absolute atomic E-state index is 0.0158. The molecule has 2 nitrogen and oxygen atoms in total. The Labute approximate surface area is 131 Å². The van der Waals surface area contributed by atoms with Gasteiger partial charge in [0.2, 0.25) is 0 Å². The summed E-state index contributed by atoms with van der Waals surface area (Å²) in [5, 5.41) is 9.60. The molecule has 2 aromatic carbocycles. The monoisotopic (exact) mass is 345 g/mol. The van der Waals surface area contributed by atoms with Crippen LogP contribution < -0.4 is 0 Å². The third kappa shape index (κ3) is 3.03. The van der Waals surface area contributed by atoms with Crippen molar-refractivity contribution in [1.82, 2.24) is 0 Å². The molecule has 0 fully saturated rings. The maximum absolute atomic E-state index is 14.0. The number of hydrogen-bond acceptors (Lipinski definition) is 2. The highest BCUT2D eigenvalue weighted by Gasteiger charge is 2.38. The summed E-state index contributed by atoms with van der Waals surface area (Å²) < 4.78 is 14.7.